The average molecular weight is 174 g/mol. The molecule has 0 aromatic rings. The van der Waals surface area contributed by atoms with Crippen molar-refractivity contribution in [2.24, 2.45) is 5.73 Å². The van der Waals surface area contributed by atoms with Crippen molar-refractivity contribution in [3.8, 4) is 0 Å². The fraction of sp³-hybridized carbons (Fsp3) is 1.00. The summed E-state index contributed by atoms with van der Waals surface area (Å²) in [5, 5.41) is 6.57. The van der Waals surface area contributed by atoms with E-state index in [1.807, 2.05) is 10.2 Å². The van der Waals surface area contributed by atoms with E-state index >= 15 is 0 Å². The van der Waals surface area contributed by atoms with Gasteiger partial charge in [0.1, 0.15) is 0 Å². The summed E-state index contributed by atoms with van der Waals surface area (Å²) >= 11 is 0. The number of rotatable bonds is 8. The Kier molecular flexibility index (Phi) is 10.2. The maximum Gasteiger partial charge on any atom is 0.00772 e. The summed E-state index contributed by atoms with van der Waals surface area (Å²) in [5.41, 5.74) is 5.31. The van der Waals surface area contributed by atoms with Gasteiger partial charge in [0.2, 0.25) is 0 Å². The molecule has 0 aromatic carbocycles. The molecule has 0 aliphatic carbocycles. The molecule has 0 fully saturated rings. The van der Waals surface area contributed by atoms with Crippen LogP contribution in [0.5, 0.6) is 0 Å². The summed E-state index contributed by atoms with van der Waals surface area (Å²) in [6.07, 6.45) is 1.29. The third-order valence-electron chi connectivity index (χ3n) is 1.40. The predicted octanol–water partition coefficient (Wildman–Crippen LogP) is -1.43. The fourth-order valence-corrected chi connectivity index (χ4v) is 1.03. The van der Waals surface area contributed by atoms with Gasteiger partial charge in [0, 0.05) is 26.2 Å². The van der Waals surface area contributed by atoms with Crippen LogP contribution < -0.4 is 16.4 Å². The van der Waals surface area contributed by atoms with Crippen molar-refractivity contribution in [3.05, 3.63) is 0 Å². The molecule has 0 radical (unpaired) electrons. The van der Waals surface area contributed by atoms with Crippen molar-refractivity contribution in [3.63, 3.8) is 0 Å². The third kappa shape index (κ3) is 10.1. The Bertz CT molecular complexity index is 62.7. The zero-order valence-corrected chi connectivity index (χ0v) is 8.65. The molecule has 0 aliphatic heterocycles. The standard InChI is InChI=1S/C7H20N3Si/c8-2-4-10-6-5-9-3-1-7-11/h9-10H,1-8,11H2/q-1. The van der Waals surface area contributed by atoms with Crippen LogP contribution in [0.25, 0.3) is 0 Å². The molecule has 0 saturated heterocycles. The minimum Gasteiger partial charge on any atom is -0.329 e. The van der Waals surface area contributed by atoms with Gasteiger partial charge in [0.05, 0.1) is 0 Å². The Morgan fingerprint density at radius 1 is 1.00 bits per heavy atom. The summed E-state index contributed by atoms with van der Waals surface area (Å²) in [4.78, 5) is 0. The highest BCUT2D eigenvalue weighted by atomic mass is 28.1. The van der Waals surface area contributed by atoms with Gasteiger partial charge in [-0.1, -0.05) is 6.42 Å². The Morgan fingerprint density at radius 3 is 2.18 bits per heavy atom. The van der Waals surface area contributed by atoms with Crippen LogP contribution >= 0.6 is 0 Å². The molecular weight excluding hydrogens is 154 g/mol. The molecule has 0 amide bonds. The smallest absolute Gasteiger partial charge is 0.00772 e. The quantitative estimate of drug-likeness (QED) is 0.312. The maximum atomic E-state index is 5.31. The lowest BCUT2D eigenvalue weighted by Gasteiger charge is -2.05. The van der Waals surface area contributed by atoms with Gasteiger partial charge in [-0.05, 0) is 6.54 Å². The first-order chi connectivity index (χ1) is 5.41. The van der Waals surface area contributed by atoms with Crippen molar-refractivity contribution in [2.75, 3.05) is 32.7 Å². The van der Waals surface area contributed by atoms with Crippen molar-refractivity contribution >= 4 is 10.2 Å². The first-order valence-corrected chi connectivity index (χ1v) is 5.32. The number of nitrogens with two attached hydrogens (primary N) is 1. The van der Waals surface area contributed by atoms with Crippen molar-refractivity contribution < 1.29 is 0 Å². The second kappa shape index (κ2) is 10.1. The number of nitrogens with one attached hydrogen (secondary N) is 2. The molecule has 3 nitrogen and oxygen atoms in total. The van der Waals surface area contributed by atoms with Gasteiger partial charge < -0.3 is 16.4 Å². The Hall–Kier alpha value is 0.0969. The van der Waals surface area contributed by atoms with E-state index in [2.05, 4.69) is 10.6 Å². The molecular formula is C7H20N3Si-. The predicted molar refractivity (Wildman–Crippen MR) is 52.8 cm³/mol. The zero-order chi connectivity index (χ0) is 8.36. The lowest BCUT2D eigenvalue weighted by Crippen LogP contribution is -2.31. The van der Waals surface area contributed by atoms with Crippen LogP contribution in [0.2, 0.25) is 6.04 Å². The van der Waals surface area contributed by atoms with Gasteiger partial charge in [-0.2, -0.15) is 6.04 Å². The molecule has 0 unspecified atom stereocenters. The monoisotopic (exact) mass is 174 g/mol. The molecule has 0 rings (SSSR count). The highest BCUT2D eigenvalue weighted by Gasteiger charge is 1.84. The summed E-state index contributed by atoms with van der Waals surface area (Å²) in [5.74, 6) is 0. The zero-order valence-electron chi connectivity index (χ0n) is 7.23. The Morgan fingerprint density at radius 2 is 1.64 bits per heavy atom. The van der Waals surface area contributed by atoms with Gasteiger partial charge >= 0.3 is 0 Å². The molecule has 4 heteroatoms. The van der Waals surface area contributed by atoms with Gasteiger partial charge in [-0.25, -0.2) is 0 Å². The van der Waals surface area contributed by atoms with E-state index < -0.39 is 0 Å². The molecule has 0 saturated carbocycles. The third-order valence-corrected chi connectivity index (χ3v) is 1.90. The first kappa shape index (κ1) is 11.1. The van der Waals surface area contributed by atoms with E-state index in [4.69, 9.17) is 5.73 Å². The van der Waals surface area contributed by atoms with Crippen LogP contribution in [0.4, 0.5) is 0 Å². The number of hydrogen-bond acceptors (Lipinski definition) is 3. The largest absolute Gasteiger partial charge is 0.329 e. The maximum absolute atomic E-state index is 5.31. The molecule has 0 heterocycles. The summed E-state index contributed by atoms with van der Waals surface area (Å²) < 4.78 is 0. The lowest BCUT2D eigenvalue weighted by molar-refractivity contribution is 0.610. The molecule has 11 heavy (non-hydrogen) atoms. The molecule has 4 N–H and O–H groups in total. The normalized spacial score (nSPS) is 10.4. The minimum atomic E-state index is 0.732. The van der Waals surface area contributed by atoms with Crippen LogP contribution in [0.15, 0.2) is 0 Å². The van der Waals surface area contributed by atoms with Crippen LogP contribution in [0, 0.1) is 0 Å². The molecule has 0 aromatic heterocycles. The van der Waals surface area contributed by atoms with Crippen molar-refractivity contribution in [2.45, 2.75) is 12.5 Å². The van der Waals surface area contributed by atoms with E-state index in [9.17, 15) is 0 Å². The summed E-state index contributed by atoms with van der Waals surface area (Å²) in [7, 11) is 2.03. The van der Waals surface area contributed by atoms with E-state index in [0.29, 0.717) is 0 Å². The second-order valence-corrected chi connectivity index (χ2v) is 3.20. The average Bonchev–Trinajstić information content (AvgIpc) is 2.03. The summed E-state index contributed by atoms with van der Waals surface area (Å²) in [6.45, 7) is 4.90. The highest BCUT2D eigenvalue weighted by Crippen LogP contribution is 1.78. The minimum absolute atomic E-state index is 0.732. The molecule has 0 aliphatic rings. The lowest BCUT2D eigenvalue weighted by atomic mass is 10.4. The Balaban J connectivity index is 2.69. The van der Waals surface area contributed by atoms with E-state index in [1.54, 1.807) is 0 Å². The first-order valence-electron chi connectivity index (χ1n) is 4.32. The van der Waals surface area contributed by atoms with Crippen LogP contribution in [0.1, 0.15) is 6.42 Å². The topological polar surface area (TPSA) is 50.1 Å². The molecule has 0 spiro atoms. The van der Waals surface area contributed by atoms with E-state index in [0.717, 1.165) is 32.7 Å². The molecule has 0 atom stereocenters. The van der Waals surface area contributed by atoms with E-state index in [1.165, 1.54) is 12.5 Å². The van der Waals surface area contributed by atoms with Crippen molar-refractivity contribution in [1.29, 1.82) is 0 Å². The van der Waals surface area contributed by atoms with E-state index in [-0.39, 0.29) is 0 Å². The molecule has 68 valence electrons. The van der Waals surface area contributed by atoms with Gasteiger partial charge in [0.15, 0.2) is 0 Å². The fourth-order valence-electron chi connectivity index (χ4n) is 0.779. The van der Waals surface area contributed by atoms with Gasteiger partial charge in [0.25, 0.3) is 0 Å². The van der Waals surface area contributed by atoms with Crippen molar-refractivity contribution in [1.82, 2.24) is 10.6 Å². The second-order valence-electron chi connectivity index (χ2n) is 2.50. The molecule has 0 bridgehead atoms. The van der Waals surface area contributed by atoms with Crippen LogP contribution in [-0.4, -0.2) is 43.0 Å². The van der Waals surface area contributed by atoms with Gasteiger partial charge in [-0.3, -0.25) is 10.2 Å². The van der Waals surface area contributed by atoms with Crippen LogP contribution in [0.3, 0.4) is 0 Å². The highest BCUT2D eigenvalue weighted by molar-refractivity contribution is 6.08. The van der Waals surface area contributed by atoms with Crippen LogP contribution in [-0.2, 0) is 0 Å². The summed E-state index contributed by atoms with van der Waals surface area (Å²) in [6, 6.07) is 1.29. The van der Waals surface area contributed by atoms with Gasteiger partial charge in [-0.15, -0.1) is 0 Å². The number of hydrogen-bond donors (Lipinski definition) is 3. The SMILES string of the molecule is NCCNCCNCCC[SiH2-]. The Labute approximate surface area is 72.5 Å².